The highest BCUT2D eigenvalue weighted by Gasteiger charge is 2.37. The SMILES string of the molecule is CCNC(=NCC1CC1c1ccccc1)NCCCN1CCCC1=O.I. The number of hydrogen-bond acceptors (Lipinski definition) is 2. The first-order valence-corrected chi connectivity index (χ1v) is 9.63. The fourth-order valence-corrected chi connectivity index (χ4v) is 3.53. The Kier molecular flexibility index (Phi) is 8.68. The molecule has 1 amide bonds. The van der Waals surface area contributed by atoms with E-state index in [1.54, 1.807) is 0 Å². The van der Waals surface area contributed by atoms with Crippen molar-refractivity contribution < 1.29 is 4.79 Å². The van der Waals surface area contributed by atoms with Crippen molar-refractivity contribution in [1.29, 1.82) is 0 Å². The van der Waals surface area contributed by atoms with Gasteiger partial charge in [-0.2, -0.15) is 0 Å². The summed E-state index contributed by atoms with van der Waals surface area (Å²) < 4.78 is 0. The van der Waals surface area contributed by atoms with E-state index in [0.717, 1.165) is 57.9 Å². The largest absolute Gasteiger partial charge is 0.357 e. The highest BCUT2D eigenvalue weighted by atomic mass is 127. The fourth-order valence-electron chi connectivity index (χ4n) is 3.53. The molecule has 1 aromatic rings. The number of carbonyl (C=O) groups excluding carboxylic acids is 1. The van der Waals surface area contributed by atoms with Crippen LogP contribution in [0.1, 0.15) is 44.1 Å². The van der Waals surface area contributed by atoms with Crippen molar-refractivity contribution in [2.75, 3.05) is 32.7 Å². The third-order valence-electron chi connectivity index (χ3n) is 5.05. The van der Waals surface area contributed by atoms with Crippen LogP contribution in [0.25, 0.3) is 0 Å². The van der Waals surface area contributed by atoms with Gasteiger partial charge in [0.25, 0.3) is 0 Å². The number of guanidine groups is 1. The third-order valence-corrected chi connectivity index (χ3v) is 5.05. The number of halogens is 1. The van der Waals surface area contributed by atoms with E-state index < -0.39 is 0 Å². The second kappa shape index (κ2) is 10.7. The average Bonchev–Trinajstić information content (AvgIpc) is 3.31. The third kappa shape index (κ3) is 6.14. The summed E-state index contributed by atoms with van der Waals surface area (Å²) >= 11 is 0. The van der Waals surface area contributed by atoms with Crippen LogP contribution in [0.4, 0.5) is 0 Å². The Labute approximate surface area is 174 Å². The number of aliphatic imine (C=N–C) groups is 1. The molecule has 1 aliphatic carbocycles. The molecule has 0 bridgehead atoms. The van der Waals surface area contributed by atoms with Crippen molar-refractivity contribution >= 4 is 35.8 Å². The number of amides is 1. The molecule has 2 fully saturated rings. The predicted octanol–water partition coefficient (Wildman–Crippen LogP) is 2.98. The molecular formula is C20H31IN4O. The average molecular weight is 470 g/mol. The molecule has 1 aromatic carbocycles. The molecule has 0 radical (unpaired) electrons. The van der Waals surface area contributed by atoms with Gasteiger partial charge in [0.05, 0.1) is 0 Å². The summed E-state index contributed by atoms with van der Waals surface area (Å²) in [6.45, 7) is 6.45. The minimum Gasteiger partial charge on any atom is -0.357 e. The first-order chi connectivity index (χ1) is 12.3. The van der Waals surface area contributed by atoms with Gasteiger partial charge in [0.15, 0.2) is 5.96 Å². The number of nitrogens with zero attached hydrogens (tertiary/aromatic N) is 2. The second-order valence-electron chi connectivity index (χ2n) is 7.00. The summed E-state index contributed by atoms with van der Waals surface area (Å²) in [6, 6.07) is 10.7. The Hall–Kier alpha value is -1.31. The Morgan fingerprint density at radius 2 is 2.08 bits per heavy atom. The molecule has 2 N–H and O–H groups in total. The van der Waals surface area contributed by atoms with Crippen LogP contribution in [0.3, 0.4) is 0 Å². The minimum absolute atomic E-state index is 0. The van der Waals surface area contributed by atoms with Gasteiger partial charge in [0, 0.05) is 39.1 Å². The monoisotopic (exact) mass is 470 g/mol. The summed E-state index contributed by atoms with van der Waals surface area (Å²) in [6.07, 6.45) is 3.94. The zero-order valence-electron chi connectivity index (χ0n) is 15.6. The van der Waals surface area contributed by atoms with Crippen LogP contribution in [0.5, 0.6) is 0 Å². The number of hydrogen-bond donors (Lipinski definition) is 2. The molecule has 3 rings (SSSR count). The summed E-state index contributed by atoms with van der Waals surface area (Å²) in [5.74, 6) is 2.55. The molecule has 1 saturated heterocycles. The summed E-state index contributed by atoms with van der Waals surface area (Å²) in [5.41, 5.74) is 1.44. The van der Waals surface area contributed by atoms with Crippen LogP contribution in [0.2, 0.25) is 0 Å². The maximum Gasteiger partial charge on any atom is 0.222 e. The quantitative estimate of drug-likeness (QED) is 0.266. The van der Waals surface area contributed by atoms with Crippen molar-refractivity contribution in [3.8, 4) is 0 Å². The lowest BCUT2D eigenvalue weighted by atomic mass is 10.1. The van der Waals surface area contributed by atoms with E-state index >= 15 is 0 Å². The predicted molar refractivity (Wildman–Crippen MR) is 117 cm³/mol. The van der Waals surface area contributed by atoms with Crippen molar-refractivity contribution in [1.82, 2.24) is 15.5 Å². The number of carbonyl (C=O) groups is 1. The van der Waals surface area contributed by atoms with Crippen molar-refractivity contribution in [2.45, 2.75) is 38.5 Å². The molecule has 5 nitrogen and oxygen atoms in total. The van der Waals surface area contributed by atoms with Crippen LogP contribution < -0.4 is 10.6 Å². The van der Waals surface area contributed by atoms with E-state index in [9.17, 15) is 4.79 Å². The first-order valence-electron chi connectivity index (χ1n) is 9.63. The van der Waals surface area contributed by atoms with Crippen LogP contribution in [-0.4, -0.2) is 49.5 Å². The lowest BCUT2D eigenvalue weighted by molar-refractivity contribution is -0.127. The zero-order valence-corrected chi connectivity index (χ0v) is 17.9. The molecule has 0 aromatic heterocycles. The van der Waals surface area contributed by atoms with Crippen LogP contribution in [0.15, 0.2) is 35.3 Å². The Bertz CT molecular complexity index is 593. The normalized spacial score (nSPS) is 22.1. The smallest absolute Gasteiger partial charge is 0.222 e. The molecule has 0 spiro atoms. The molecule has 1 heterocycles. The van der Waals surface area contributed by atoms with Gasteiger partial charge in [0.1, 0.15) is 0 Å². The molecule has 1 saturated carbocycles. The minimum atomic E-state index is 0. The maximum absolute atomic E-state index is 11.6. The van der Waals surface area contributed by atoms with Crippen LogP contribution >= 0.6 is 24.0 Å². The van der Waals surface area contributed by atoms with Crippen LogP contribution in [0, 0.1) is 5.92 Å². The Morgan fingerprint density at radius 3 is 2.77 bits per heavy atom. The van der Waals surface area contributed by atoms with Crippen LogP contribution in [-0.2, 0) is 4.79 Å². The van der Waals surface area contributed by atoms with E-state index in [2.05, 4.69) is 47.9 Å². The van der Waals surface area contributed by atoms with Gasteiger partial charge in [-0.25, -0.2) is 0 Å². The van der Waals surface area contributed by atoms with Crippen molar-refractivity contribution in [2.24, 2.45) is 10.9 Å². The molecule has 144 valence electrons. The number of rotatable bonds is 8. The zero-order chi connectivity index (χ0) is 17.5. The molecular weight excluding hydrogens is 439 g/mol. The van der Waals surface area contributed by atoms with E-state index in [4.69, 9.17) is 4.99 Å². The van der Waals surface area contributed by atoms with E-state index in [1.165, 1.54) is 12.0 Å². The Morgan fingerprint density at radius 1 is 1.27 bits per heavy atom. The van der Waals surface area contributed by atoms with Crippen molar-refractivity contribution in [3.05, 3.63) is 35.9 Å². The maximum atomic E-state index is 11.6. The van der Waals surface area contributed by atoms with Gasteiger partial charge in [-0.1, -0.05) is 30.3 Å². The summed E-state index contributed by atoms with van der Waals surface area (Å²) in [4.78, 5) is 18.3. The number of benzene rings is 1. The lowest BCUT2D eigenvalue weighted by Crippen LogP contribution is -2.39. The van der Waals surface area contributed by atoms with E-state index in [-0.39, 0.29) is 24.0 Å². The van der Waals surface area contributed by atoms with Gasteiger partial charge in [0.2, 0.25) is 5.91 Å². The van der Waals surface area contributed by atoms with Crippen molar-refractivity contribution in [3.63, 3.8) is 0 Å². The van der Waals surface area contributed by atoms with E-state index in [1.807, 2.05) is 4.90 Å². The number of nitrogens with one attached hydrogen (secondary N) is 2. The topological polar surface area (TPSA) is 56.7 Å². The van der Waals surface area contributed by atoms with Gasteiger partial charge in [-0.3, -0.25) is 9.79 Å². The highest BCUT2D eigenvalue weighted by Crippen LogP contribution is 2.47. The van der Waals surface area contributed by atoms with Gasteiger partial charge in [-0.05, 0) is 43.6 Å². The molecule has 6 heteroatoms. The molecule has 2 atom stereocenters. The molecule has 1 aliphatic heterocycles. The van der Waals surface area contributed by atoms with E-state index in [0.29, 0.717) is 17.7 Å². The molecule has 2 aliphatic rings. The Balaban J connectivity index is 0.00000243. The lowest BCUT2D eigenvalue weighted by Gasteiger charge is -2.16. The summed E-state index contributed by atoms with van der Waals surface area (Å²) in [7, 11) is 0. The number of likely N-dealkylation sites (tertiary alicyclic amines) is 1. The highest BCUT2D eigenvalue weighted by molar-refractivity contribution is 14.0. The summed E-state index contributed by atoms with van der Waals surface area (Å²) in [5, 5.41) is 6.71. The standard InChI is InChI=1S/C20H30N4O.HI/c1-2-21-20(22-11-7-13-24-12-6-10-19(24)25)23-15-17-14-18(17)16-8-4-3-5-9-16;/h3-5,8-9,17-18H,2,6-7,10-15H2,1H3,(H2,21,22,23);1H. The van der Waals surface area contributed by atoms with Gasteiger partial charge < -0.3 is 15.5 Å². The fraction of sp³-hybridized carbons (Fsp3) is 0.600. The molecule has 26 heavy (non-hydrogen) atoms. The van der Waals surface area contributed by atoms with Gasteiger partial charge >= 0.3 is 0 Å². The first kappa shape index (κ1) is 21.0. The molecule has 2 unspecified atom stereocenters. The van der Waals surface area contributed by atoms with Gasteiger partial charge in [-0.15, -0.1) is 24.0 Å². The second-order valence-corrected chi connectivity index (χ2v) is 7.00.